The third kappa shape index (κ3) is 4.27. The molecule has 0 aromatic heterocycles. The number of rotatable bonds is 5. The Kier molecular flexibility index (Phi) is 5.52. The fourth-order valence-corrected chi connectivity index (χ4v) is 2.46. The summed E-state index contributed by atoms with van der Waals surface area (Å²) >= 11 is 6.27. The van der Waals surface area contributed by atoms with Gasteiger partial charge < -0.3 is 19.5 Å². The van der Waals surface area contributed by atoms with Crippen LogP contribution in [0.2, 0.25) is 5.02 Å². The van der Waals surface area contributed by atoms with E-state index in [1.54, 1.807) is 6.92 Å². The Morgan fingerprint density at radius 1 is 1.35 bits per heavy atom. The molecule has 1 aromatic carbocycles. The van der Waals surface area contributed by atoms with E-state index in [0.29, 0.717) is 24.0 Å². The highest BCUT2D eigenvalue weighted by Crippen LogP contribution is 2.38. The van der Waals surface area contributed by atoms with Crippen LogP contribution < -0.4 is 9.47 Å². The molecule has 1 aliphatic heterocycles. The van der Waals surface area contributed by atoms with Gasteiger partial charge in [0, 0.05) is 19.5 Å². The molecule has 1 aromatic rings. The molecule has 0 radical (unpaired) electrons. The van der Waals surface area contributed by atoms with E-state index in [0.717, 1.165) is 37.2 Å². The van der Waals surface area contributed by atoms with Crippen molar-refractivity contribution in [1.29, 1.82) is 0 Å². The maximum atomic E-state index is 9.32. The maximum Gasteiger partial charge on any atom is 0.179 e. The molecule has 0 saturated carbocycles. The Labute approximate surface area is 125 Å². The average Bonchev–Trinajstić information content (AvgIpc) is 2.62. The Hall–Kier alpha value is -0.970. The molecule has 0 aliphatic carbocycles. The standard InChI is InChI=1S/C15H22ClNO3/c1-11(18)4-5-17(2)10-12-8-13(16)15-14(9-12)19-6-3-7-20-15/h8-9,11,18H,3-7,10H2,1-2H3. The van der Waals surface area contributed by atoms with Crippen LogP contribution >= 0.6 is 11.6 Å². The molecule has 1 aliphatic rings. The number of hydrogen-bond donors (Lipinski definition) is 1. The van der Waals surface area contributed by atoms with E-state index in [2.05, 4.69) is 4.90 Å². The summed E-state index contributed by atoms with van der Waals surface area (Å²) in [6, 6.07) is 3.92. The molecule has 1 N–H and O–H groups in total. The van der Waals surface area contributed by atoms with E-state index in [1.165, 1.54) is 0 Å². The van der Waals surface area contributed by atoms with Gasteiger partial charge in [0.25, 0.3) is 0 Å². The molecule has 2 rings (SSSR count). The Morgan fingerprint density at radius 3 is 2.85 bits per heavy atom. The van der Waals surface area contributed by atoms with Crippen molar-refractivity contribution in [3.8, 4) is 11.5 Å². The van der Waals surface area contributed by atoms with Gasteiger partial charge in [0.05, 0.1) is 24.3 Å². The minimum atomic E-state index is -0.273. The van der Waals surface area contributed by atoms with Crippen molar-refractivity contribution in [2.75, 3.05) is 26.8 Å². The van der Waals surface area contributed by atoms with Crippen molar-refractivity contribution < 1.29 is 14.6 Å². The number of hydrogen-bond acceptors (Lipinski definition) is 4. The molecular weight excluding hydrogens is 278 g/mol. The first-order valence-corrected chi connectivity index (χ1v) is 7.38. The lowest BCUT2D eigenvalue weighted by Gasteiger charge is -2.19. The van der Waals surface area contributed by atoms with Crippen LogP contribution in [-0.2, 0) is 6.54 Å². The second-order valence-corrected chi connectivity index (χ2v) is 5.74. The SMILES string of the molecule is CC(O)CCN(C)Cc1cc(Cl)c2c(c1)OCCCO2. The molecule has 0 bridgehead atoms. The number of ether oxygens (including phenoxy) is 2. The van der Waals surface area contributed by atoms with Crippen molar-refractivity contribution in [1.82, 2.24) is 4.90 Å². The van der Waals surface area contributed by atoms with E-state index in [9.17, 15) is 5.11 Å². The third-order valence-electron chi connectivity index (χ3n) is 3.24. The van der Waals surface area contributed by atoms with Gasteiger partial charge in [-0.2, -0.15) is 0 Å². The summed E-state index contributed by atoms with van der Waals surface area (Å²) in [5, 5.41) is 9.92. The van der Waals surface area contributed by atoms with Crippen LogP contribution in [0.25, 0.3) is 0 Å². The maximum absolute atomic E-state index is 9.32. The molecule has 5 heteroatoms. The van der Waals surface area contributed by atoms with Crippen LogP contribution in [0, 0.1) is 0 Å². The van der Waals surface area contributed by atoms with Gasteiger partial charge >= 0.3 is 0 Å². The zero-order valence-electron chi connectivity index (χ0n) is 12.1. The summed E-state index contributed by atoms with van der Waals surface area (Å²) < 4.78 is 11.3. The lowest BCUT2D eigenvalue weighted by atomic mass is 10.1. The van der Waals surface area contributed by atoms with Crippen LogP contribution in [0.1, 0.15) is 25.3 Å². The second-order valence-electron chi connectivity index (χ2n) is 5.33. The van der Waals surface area contributed by atoms with Gasteiger partial charge in [0.15, 0.2) is 11.5 Å². The molecule has 20 heavy (non-hydrogen) atoms. The lowest BCUT2D eigenvalue weighted by molar-refractivity contribution is 0.163. The normalized spacial score (nSPS) is 16.1. The molecule has 112 valence electrons. The number of aliphatic hydroxyl groups is 1. The smallest absolute Gasteiger partial charge is 0.179 e. The summed E-state index contributed by atoms with van der Waals surface area (Å²) in [6.45, 7) is 4.70. The number of fused-ring (bicyclic) bond motifs is 1. The summed E-state index contributed by atoms with van der Waals surface area (Å²) in [5.74, 6) is 1.38. The first-order chi connectivity index (χ1) is 9.56. The van der Waals surface area contributed by atoms with Crippen LogP contribution in [-0.4, -0.2) is 42.9 Å². The fourth-order valence-electron chi connectivity index (χ4n) is 2.17. The molecule has 0 spiro atoms. The van der Waals surface area contributed by atoms with Crippen LogP contribution in [0.5, 0.6) is 11.5 Å². The van der Waals surface area contributed by atoms with Gasteiger partial charge in [-0.1, -0.05) is 11.6 Å². The van der Waals surface area contributed by atoms with E-state index >= 15 is 0 Å². The number of nitrogens with zero attached hydrogens (tertiary/aromatic N) is 1. The van der Waals surface area contributed by atoms with Crippen molar-refractivity contribution in [2.24, 2.45) is 0 Å². The minimum Gasteiger partial charge on any atom is -0.489 e. The molecule has 0 amide bonds. The fraction of sp³-hybridized carbons (Fsp3) is 0.600. The van der Waals surface area contributed by atoms with Gasteiger partial charge in [-0.15, -0.1) is 0 Å². The summed E-state index contributed by atoms with van der Waals surface area (Å²) in [7, 11) is 2.03. The second kappa shape index (κ2) is 7.16. The zero-order chi connectivity index (χ0) is 14.5. The van der Waals surface area contributed by atoms with Gasteiger partial charge in [0.2, 0.25) is 0 Å². The monoisotopic (exact) mass is 299 g/mol. The Bertz CT molecular complexity index is 451. The van der Waals surface area contributed by atoms with Crippen LogP contribution in [0.15, 0.2) is 12.1 Å². The quantitative estimate of drug-likeness (QED) is 0.908. The Morgan fingerprint density at radius 2 is 2.10 bits per heavy atom. The molecule has 0 saturated heterocycles. The molecule has 4 nitrogen and oxygen atoms in total. The molecule has 1 atom stereocenters. The minimum absolute atomic E-state index is 0.273. The van der Waals surface area contributed by atoms with E-state index in [-0.39, 0.29) is 6.10 Å². The average molecular weight is 300 g/mol. The topological polar surface area (TPSA) is 41.9 Å². The molecule has 1 heterocycles. The van der Waals surface area contributed by atoms with Gasteiger partial charge in [-0.3, -0.25) is 0 Å². The van der Waals surface area contributed by atoms with E-state index in [4.69, 9.17) is 21.1 Å². The molecular formula is C15H22ClNO3. The predicted molar refractivity (Wildman–Crippen MR) is 79.7 cm³/mol. The number of benzene rings is 1. The Balaban J connectivity index is 2.05. The molecule has 0 fully saturated rings. The highest BCUT2D eigenvalue weighted by Gasteiger charge is 2.16. The summed E-state index contributed by atoms with van der Waals surface area (Å²) in [5.41, 5.74) is 1.09. The number of aliphatic hydroxyl groups excluding tert-OH is 1. The zero-order valence-corrected chi connectivity index (χ0v) is 12.8. The van der Waals surface area contributed by atoms with Crippen molar-refractivity contribution in [3.63, 3.8) is 0 Å². The van der Waals surface area contributed by atoms with Crippen LogP contribution in [0.4, 0.5) is 0 Å². The van der Waals surface area contributed by atoms with Crippen molar-refractivity contribution >= 4 is 11.6 Å². The third-order valence-corrected chi connectivity index (χ3v) is 3.52. The van der Waals surface area contributed by atoms with E-state index in [1.807, 2.05) is 19.2 Å². The van der Waals surface area contributed by atoms with Crippen LogP contribution in [0.3, 0.4) is 0 Å². The lowest BCUT2D eigenvalue weighted by Crippen LogP contribution is -2.22. The van der Waals surface area contributed by atoms with Gasteiger partial charge in [-0.05, 0) is 38.1 Å². The highest BCUT2D eigenvalue weighted by molar-refractivity contribution is 6.32. The predicted octanol–water partition coefficient (Wildman–Crippen LogP) is 2.70. The van der Waals surface area contributed by atoms with Crippen molar-refractivity contribution in [2.45, 2.75) is 32.4 Å². The van der Waals surface area contributed by atoms with Gasteiger partial charge in [0.1, 0.15) is 0 Å². The summed E-state index contributed by atoms with van der Waals surface area (Å²) in [4.78, 5) is 2.16. The molecule has 1 unspecified atom stereocenters. The number of halogens is 1. The summed E-state index contributed by atoms with van der Waals surface area (Å²) in [6.07, 6.45) is 1.36. The van der Waals surface area contributed by atoms with Gasteiger partial charge in [-0.25, -0.2) is 0 Å². The largest absolute Gasteiger partial charge is 0.489 e. The first-order valence-electron chi connectivity index (χ1n) is 7.01. The van der Waals surface area contributed by atoms with E-state index < -0.39 is 0 Å². The first kappa shape index (κ1) is 15.4. The highest BCUT2D eigenvalue weighted by atomic mass is 35.5. The van der Waals surface area contributed by atoms with Crippen molar-refractivity contribution in [3.05, 3.63) is 22.7 Å².